The van der Waals surface area contributed by atoms with Crippen LogP contribution in [0.5, 0.6) is 0 Å². The Bertz CT molecular complexity index is 127. The normalized spacial score (nSPS) is 44.4. The fourth-order valence-corrected chi connectivity index (χ4v) is 0. The van der Waals surface area contributed by atoms with Gasteiger partial charge >= 0.3 is 0 Å². The highest BCUT2D eigenvalue weighted by Crippen LogP contribution is 1.93. The topological polar surface area (TPSA) is 0 Å². The quantitative estimate of drug-likeness (QED) is 0.462. The molecule has 5 heavy (non-hydrogen) atoms. The van der Waals surface area contributed by atoms with Crippen LogP contribution in [-0.2, 0) is 0 Å². The van der Waals surface area contributed by atoms with Crippen LogP contribution in [0.2, 0.25) is 0 Å². The first kappa shape index (κ1) is 1.05. The van der Waals surface area contributed by atoms with Crippen LogP contribution in [0.25, 0.3) is 0 Å². The molecule has 0 saturated heterocycles. The molecule has 0 aromatic heterocycles. The van der Waals surface area contributed by atoms with E-state index in [0.717, 1.165) is 0 Å². The van der Waals surface area contributed by atoms with E-state index >= 15 is 0 Å². The van der Waals surface area contributed by atoms with Crippen molar-refractivity contribution in [3.8, 4) is 0 Å². The van der Waals surface area contributed by atoms with Crippen LogP contribution in [0.4, 0.5) is 0 Å². The summed E-state index contributed by atoms with van der Waals surface area (Å²) in [5, 5.41) is -2.80. The molecule has 0 amide bonds. The van der Waals surface area contributed by atoms with Gasteiger partial charge in [0.2, 0.25) is 0 Å². The smallest absolute Gasteiger partial charge is 0.0481 e. The second-order valence-corrected chi connectivity index (χ2v) is 0.975. The lowest BCUT2D eigenvalue weighted by atomic mass is 10.6. The molecule has 1 unspecified atom stereocenters. The van der Waals surface area contributed by atoms with E-state index < -0.39 is 18.0 Å². The summed E-state index contributed by atoms with van der Waals surface area (Å²) in [5.74, 6) is -2.78. The molecule has 0 N–H and O–H groups in total. The Balaban J connectivity index is 4.75. The molecule has 0 spiro atoms. The molecule has 0 aromatic carbocycles. The largest absolute Gasteiger partial charge is 0.125 e. The highest BCUT2D eigenvalue weighted by atomic mass is 35.5. The van der Waals surface area contributed by atoms with Gasteiger partial charge in [-0.15, -0.1) is 23.2 Å². The van der Waals surface area contributed by atoms with Gasteiger partial charge in [-0.3, -0.25) is 0 Å². The van der Waals surface area contributed by atoms with Crippen LogP contribution in [0.1, 0.15) is 15.1 Å². The predicted octanol–water partition coefficient (Wildman–Crippen LogP) is 1.85. The van der Waals surface area contributed by atoms with Crippen LogP contribution >= 0.6 is 23.2 Å². The molecule has 0 radical (unpaired) electrons. The molecule has 0 aliphatic carbocycles. The minimum absolute atomic E-state index is 2.78. The highest BCUT2D eigenvalue weighted by Gasteiger charge is 1.85. The molecule has 0 saturated carbocycles. The van der Waals surface area contributed by atoms with Crippen LogP contribution < -0.4 is 0 Å². The molecule has 0 aromatic rings. The SMILES string of the molecule is [2H]C([2H])([2H])C([2H])(Cl)C([2H])([2H])Cl. The first-order chi connectivity index (χ1) is 4.50. The van der Waals surface area contributed by atoms with E-state index in [0.29, 0.717) is 0 Å². The first-order valence-electron chi connectivity index (χ1n) is 3.88. The average molecular weight is 119 g/mol. The number of rotatable bonds is 1. The van der Waals surface area contributed by atoms with E-state index in [2.05, 4.69) is 0 Å². The molecule has 0 bridgehead atoms. The summed E-state index contributed by atoms with van der Waals surface area (Å²) in [5.41, 5.74) is 0. The number of alkyl halides is 2. The van der Waals surface area contributed by atoms with Gasteiger partial charge in [-0.2, -0.15) is 0 Å². The Hall–Kier alpha value is 0.580. The predicted molar refractivity (Wildman–Crippen MR) is 26.0 cm³/mol. The molecular formula is C3H6Cl2. The van der Waals surface area contributed by atoms with Crippen molar-refractivity contribution in [3.05, 3.63) is 0 Å². The Morgan fingerprint density at radius 2 is 3.20 bits per heavy atom. The van der Waals surface area contributed by atoms with Crippen molar-refractivity contribution in [2.45, 2.75) is 12.2 Å². The van der Waals surface area contributed by atoms with Crippen molar-refractivity contribution < 1.29 is 8.22 Å². The van der Waals surface area contributed by atoms with Gasteiger partial charge in [-0.25, -0.2) is 0 Å². The molecule has 2 heteroatoms. The summed E-state index contributed by atoms with van der Waals surface area (Å²) in [6.07, 6.45) is 0. The number of hydrogen-bond donors (Lipinski definition) is 0. The minimum atomic E-state index is -2.94. The molecule has 0 nitrogen and oxygen atoms in total. The second kappa shape index (κ2) is 2.80. The zero-order valence-electron chi connectivity index (χ0n) is 8.26. The third-order valence-electron chi connectivity index (χ3n) is 0.0830. The number of hydrogen-bond acceptors (Lipinski definition) is 0. The average Bonchev–Trinajstić information content (AvgIpc) is 1.58. The van der Waals surface area contributed by atoms with Crippen LogP contribution in [0, 0.1) is 0 Å². The lowest BCUT2D eigenvalue weighted by Crippen LogP contribution is -1.87. The van der Waals surface area contributed by atoms with Gasteiger partial charge in [0.05, 0.1) is 0 Å². The van der Waals surface area contributed by atoms with Crippen LogP contribution in [0.15, 0.2) is 0 Å². The van der Waals surface area contributed by atoms with Crippen molar-refractivity contribution in [2.24, 2.45) is 0 Å². The maximum absolute atomic E-state index is 6.93. The standard InChI is InChI=1S/C3H6Cl2/c1-3(5)2-4/h3H,2H2,1H3/i1D3,2D2,3D. The van der Waals surface area contributed by atoms with Crippen molar-refractivity contribution in [2.75, 3.05) is 5.83 Å². The van der Waals surface area contributed by atoms with E-state index in [1.807, 2.05) is 0 Å². The fraction of sp³-hybridized carbons (Fsp3) is 1.00. The monoisotopic (exact) mass is 118 g/mol. The maximum atomic E-state index is 6.93. The summed E-state index contributed by atoms with van der Waals surface area (Å²) >= 11 is 10.0. The van der Waals surface area contributed by atoms with Crippen molar-refractivity contribution in [1.29, 1.82) is 0 Å². The van der Waals surface area contributed by atoms with Gasteiger partial charge in [0.25, 0.3) is 0 Å². The third kappa shape index (κ3) is 4.58. The minimum Gasteiger partial charge on any atom is -0.125 e. The van der Waals surface area contributed by atoms with Gasteiger partial charge in [-0.05, 0) is 6.85 Å². The molecule has 0 aliphatic rings. The Morgan fingerprint density at radius 1 is 2.60 bits per heavy atom. The van der Waals surface area contributed by atoms with Crippen molar-refractivity contribution in [3.63, 3.8) is 0 Å². The summed E-state index contributed by atoms with van der Waals surface area (Å²) in [4.78, 5) is 0. The first-order valence-corrected chi connectivity index (χ1v) is 1.63. The molecule has 1 atom stereocenters. The van der Waals surface area contributed by atoms with Crippen molar-refractivity contribution in [1.82, 2.24) is 0 Å². The van der Waals surface area contributed by atoms with Gasteiger partial charge in [-0.1, -0.05) is 0 Å². The second-order valence-electron chi connectivity index (χ2n) is 0.408. The van der Waals surface area contributed by atoms with Crippen LogP contribution in [0.3, 0.4) is 0 Å². The third-order valence-corrected chi connectivity index (χ3v) is 0.463. The van der Waals surface area contributed by atoms with Gasteiger partial charge in [0.1, 0.15) is 0 Å². The molecule has 0 fully saturated rings. The van der Waals surface area contributed by atoms with E-state index in [-0.39, 0.29) is 0 Å². The maximum Gasteiger partial charge on any atom is 0.0481 e. The summed E-state index contributed by atoms with van der Waals surface area (Å²) < 4.78 is 40.4. The lowest BCUT2D eigenvalue weighted by molar-refractivity contribution is 1.11. The summed E-state index contributed by atoms with van der Waals surface area (Å²) in [7, 11) is 0. The molecular weight excluding hydrogens is 107 g/mol. The Morgan fingerprint density at radius 3 is 3.20 bits per heavy atom. The zero-order chi connectivity index (χ0) is 9.50. The highest BCUT2D eigenvalue weighted by molar-refractivity contribution is 6.27. The van der Waals surface area contributed by atoms with E-state index in [9.17, 15) is 0 Å². The molecule has 32 valence electrons. The lowest BCUT2D eigenvalue weighted by Gasteiger charge is -1.85. The molecule has 0 heterocycles. The summed E-state index contributed by atoms with van der Waals surface area (Å²) in [6, 6.07) is 0. The number of halogens is 2. The van der Waals surface area contributed by atoms with E-state index in [1.165, 1.54) is 0 Å². The van der Waals surface area contributed by atoms with Crippen molar-refractivity contribution >= 4 is 23.2 Å². The van der Waals surface area contributed by atoms with Gasteiger partial charge in [0.15, 0.2) is 0 Å². The van der Waals surface area contributed by atoms with Gasteiger partial charge in [0, 0.05) is 19.4 Å². The molecule has 0 aliphatic heterocycles. The Labute approximate surface area is 50.5 Å². The van der Waals surface area contributed by atoms with Gasteiger partial charge < -0.3 is 0 Å². The van der Waals surface area contributed by atoms with E-state index in [4.69, 9.17) is 31.4 Å². The zero-order valence-corrected chi connectivity index (χ0v) is 3.77. The van der Waals surface area contributed by atoms with Crippen LogP contribution in [-0.4, -0.2) is 11.2 Å². The summed E-state index contributed by atoms with van der Waals surface area (Å²) in [6.45, 7) is -2.94. The fourth-order valence-electron chi connectivity index (χ4n) is 0. The van der Waals surface area contributed by atoms with E-state index in [1.54, 1.807) is 0 Å². The Kier molecular flexibility index (Phi) is 0.585. The molecule has 0 rings (SSSR count).